The molecule has 0 aliphatic heterocycles. The van der Waals surface area contributed by atoms with Crippen LogP contribution in [0.15, 0.2) is 41.3 Å². The zero-order valence-electron chi connectivity index (χ0n) is 19.7. The molecule has 7 nitrogen and oxygen atoms in total. The van der Waals surface area contributed by atoms with Crippen LogP contribution in [0.3, 0.4) is 0 Å². The molecule has 1 aromatic carbocycles. The summed E-state index contributed by atoms with van der Waals surface area (Å²) in [7, 11) is -1.23. The Bertz CT molecular complexity index is 1190. The Labute approximate surface area is 190 Å². The largest absolute Gasteiger partial charge is 0.378 e. The summed E-state index contributed by atoms with van der Waals surface area (Å²) in [5.74, 6) is 5.79. The Morgan fingerprint density at radius 3 is 2.53 bits per heavy atom. The molecule has 170 valence electrons. The van der Waals surface area contributed by atoms with Crippen LogP contribution in [-0.2, 0) is 11.5 Å². The summed E-state index contributed by atoms with van der Waals surface area (Å²) in [6, 6.07) is 10.6. The Morgan fingerprint density at radius 1 is 1.22 bits per heavy atom. The predicted octanol–water partition coefficient (Wildman–Crippen LogP) is 3.64. The van der Waals surface area contributed by atoms with E-state index in [0.29, 0.717) is 17.8 Å². The van der Waals surface area contributed by atoms with Gasteiger partial charge in [0.25, 0.3) is 0 Å². The summed E-state index contributed by atoms with van der Waals surface area (Å²) in [6.07, 6.45) is 1.61. The lowest BCUT2D eigenvalue weighted by molar-refractivity contribution is 0.0870. The van der Waals surface area contributed by atoms with Gasteiger partial charge in [0.05, 0.1) is 12.2 Å². The molecule has 0 amide bonds. The van der Waals surface area contributed by atoms with Gasteiger partial charge in [-0.3, -0.25) is 9.13 Å². The molecule has 3 aromatic rings. The van der Waals surface area contributed by atoms with Gasteiger partial charge in [0.1, 0.15) is 17.8 Å². The maximum absolute atomic E-state index is 13.4. The minimum Gasteiger partial charge on any atom is -0.378 e. The fraction of sp³-hybridized carbons (Fsp3) is 0.458. The number of aliphatic hydroxyl groups is 1. The molecule has 2 aromatic heterocycles. The van der Waals surface area contributed by atoms with E-state index < -0.39 is 13.7 Å². The van der Waals surface area contributed by atoms with Crippen LogP contribution in [0.5, 0.6) is 0 Å². The van der Waals surface area contributed by atoms with Gasteiger partial charge in [-0.25, -0.2) is 14.8 Å². The Hall–Kier alpha value is -2.73. The highest BCUT2D eigenvalue weighted by Crippen LogP contribution is 2.21. The molecule has 0 spiro atoms. The van der Waals surface area contributed by atoms with E-state index >= 15 is 0 Å². The molecule has 1 atom stereocenters. The van der Waals surface area contributed by atoms with Crippen LogP contribution in [0.25, 0.3) is 11.2 Å². The number of ether oxygens (including phenoxy) is 1. The van der Waals surface area contributed by atoms with Crippen LogP contribution in [0.1, 0.15) is 38.2 Å². The lowest BCUT2D eigenvalue weighted by Crippen LogP contribution is -2.28. The highest BCUT2D eigenvalue weighted by molar-refractivity contribution is 6.76. The summed E-state index contributed by atoms with van der Waals surface area (Å²) in [5.41, 5.74) is 0.725. The van der Waals surface area contributed by atoms with E-state index in [1.165, 1.54) is 0 Å². The summed E-state index contributed by atoms with van der Waals surface area (Å²) >= 11 is 0. The second-order valence-corrected chi connectivity index (χ2v) is 15.3. The van der Waals surface area contributed by atoms with Crippen LogP contribution in [0.4, 0.5) is 0 Å². The van der Waals surface area contributed by atoms with Gasteiger partial charge in [-0.2, -0.15) is 0 Å². The van der Waals surface area contributed by atoms with Gasteiger partial charge in [0, 0.05) is 14.7 Å². The van der Waals surface area contributed by atoms with Crippen LogP contribution in [-0.4, -0.2) is 44.5 Å². The first-order chi connectivity index (χ1) is 15.0. The molecule has 3 rings (SSSR count). The zero-order chi connectivity index (χ0) is 23.5. The smallest absolute Gasteiger partial charge is 0.332 e. The standard InChI is InChI=1S/C24H32N4O3Si/c1-18(19-10-8-7-9-11-19)28-22-20(16-25-21(26-22)12-13-24(2,3)30)27(23(28)29)17-31-14-15-32(4,5)6/h7-11,16,18,30H,14-15,17H2,1-6H3/t18-/m1/s1. The summed E-state index contributed by atoms with van der Waals surface area (Å²) < 4.78 is 9.11. The maximum Gasteiger partial charge on any atom is 0.332 e. The average molecular weight is 453 g/mol. The third-order valence-corrected chi connectivity index (χ3v) is 6.78. The molecule has 0 aliphatic rings. The number of rotatable bonds is 7. The van der Waals surface area contributed by atoms with Crippen molar-refractivity contribution in [2.24, 2.45) is 0 Å². The van der Waals surface area contributed by atoms with Crippen LogP contribution < -0.4 is 5.69 Å². The van der Waals surface area contributed by atoms with Crippen molar-refractivity contribution in [3.63, 3.8) is 0 Å². The monoisotopic (exact) mass is 452 g/mol. The second-order valence-electron chi connectivity index (χ2n) is 9.73. The van der Waals surface area contributed by atoms with Gasteiger partial charge in [-0.1, -0.05) is 55.9 Å². The molecule has 0 radical (unpaired) electrons. The Balaban J connectivity index is 2.06. The number of imidazole rings is 1. The molecular formula is C24H32N4O3Si. The normalized spacial score (nSPS) is 13.1. The van der Waals surface area contributed by atoms with Gasteiger partial charge in [-0.15, -0.1) is 0 Å². The first-order valence-corrected chi connectivity index (χ1v) is 14.5. The van der Waals surface area contributed by atoms with Crippen LogP contribution in [0.2, 0.25) is 25.7 Å². The molecular weight excluding hydrogens is 420 g/mol. The Morgan fingerprint density at radius 2 is 1.91 bits per heavy atom. The number of hydrogen-bond donors (Lipinski definition) is 1. The summed E-state index contributed by atoms with van der Waals surface area (Å²) in [5, 5.41) is 9.91. The number of hydrogen-bond acceptors (Lipinski definition) is 5. The second kappa shape index (κ2) is 9.41. The van der Waals surface area contributed by atoms with Gasteiger partial charge in [0.15, 0.2) is 5.65 Å². The van der Waals surface area contributed by atoms with E-state index in [4.69, 9.17) is 4.74 Å². The quantitative estimate of drug-likeness (QED) is 0.336. The van der Waals surface area contributed by atoms with Gasteiger partial charge in [0.2, 0.25) is 5.82 Å². The number of aromatic nitrogens is 4. The van der Waals surface area contributed by atoms with Gasteiger partial charge in [-0.05, 0) is 38.3 Å². The molecule has 32 heavy (non-hydrogen) atoms. The fourth-order valence-electron chi connectivity index (χ4n) is 3.22. The highest BCUT2D eigenvalue weighted by Gasteiger charge is 2.21. The van der Waals surface area contributed by atoms with Crippen molar-refractivity contribution in [1.29, 1.82) is 0 Å². The van der Waals surface area contributed by atoms with E-state index in [-0.39, 0.29) is 24.3 Å². The highest BCUT2D eigenvalue weighted by atomic mass is 28.3. The SMILES string of the molecule is C[C@H](c1ccccc1)n1c(=O)n(COCC[Si](C)(C)C)c2cnc(C#CC(C)(C)O)nc21. The van der Waals surface area contributed by atoms with Crippen LogP contribution >= 0.6 is 0 Å². The minimum absolute atomic E-state index is 0.145. The third-order valence-electron chi connectivity index (χ3n) is 5.07. The molecule has 1 N–H and O–H groups in total. The van der Waals surface area contributed by atoms with Crippen molar-refractivity contribution >= 4 is 19.2 Å². The first kappa shape index (κ1) is 23.9. The van der Waals surface area contributed by atoms with Crippen molar-refractivity contribution < 1.29 is 9.84 Å². The van der Waals surface area contributed by atoms with Gasteiger partial charge >= 0.3 is 5.69 Å². The average Bonchev–Trinajstić information content (AvgIpc) is 2.99. The summed E-state index contributed by atoms with van der Waals surface area (Å²) in [4.78, 5) is 22.3. The van der Waals surface area contributed by atoms with Crippen molar-refractivity contribution in [1.82, 2.24) is 19.1 Å². The molecule has 8 heteroatoms. The van der Waals surface area contributed by atoms with Crippen molar-refractivity contribution in [3.8, 4) is 11.8 Å². The van der Waals surface area contributed by atoms with Crippen molar-refractivity contribution in [3.05, 3.63) is 58.4 Å². The van der Waals surface area contributed by atoms with E-state index in [2.05, 4.69) is 41.4 Å². The van der Waals surface area contributed by atoms with E-state index in [0.717, 1.165) is 11.6 Å². The van der Waals surface area contributed by atoms with E-state index in [1.807, 2.05) is 37.3 Å². The molecule has 0 fully saturated rings. The molecule has 0 unspecified atom stereocenters. The Kier molecular flexibility index (Phi) is 7.03. The lowest BCUT2D eigenvalue weighted by atomic mass is 10.1. The fourth-order valence-corrected chi connectivity index (χ4v) is 3.97. The van der Waals surface area contributed by atoms with Gasteiger partial charge < -0.3 is 9.84 Å². The minimum atomic E-state index is -1.23. The topological polar surface area (TPSA) is 82.2 Å². The zero-order valence-corrected chi connectivity index (χ0v) is 20.7. The molecule has 0 bridgehead atoms. The maximum atomic E-state index is 13.4. The molecule has 0 saturated heterocycles. The molecule has 0 saturated carbocycles. The molecule has 0 aliphatic carbocycles. The number of nitrogens with zero attached hydrogens (tertiary/aromatic N) is 4. The van der Waals surface area contributed by atoms with Crippen LogP contribution in [0, 0.1) is 11.8 Å². The van der Waals surface area contributed by atoms with Crippen molar-refractivity contribution in [2.45, 2.75) is 64.8 Å². The lowest BCUT2D eigenvalue weighted by Gasteiger charge is -2.15. The number of fused-ring (bicyclic) bond motifs is 1. The summed E-state index contributed by atoms with van der Waals surface area (Å²) in [6.45, 7) is 12.8. The van der Waals surface area contributed by atoms with E-state index in [9.17, 15) is 9.90 Å². The third kappa shape index (κ3) is 5.94. The van der Waals surface area contributed by atoms with Crippen molar-refractivity contribution in [2.75, 3.05) is 6.61 Å². The van der Waals surface area contributed by atoms with E-state index in [1.54, 1.807) is 29.2 Å². The number of benzene rings is 1. The first-order valence-electron chi connectivity index (χ1n) is 10.8. The predicted molar refractivity (Wildman–Crippen MR) is 129 cm³/mol. The molecule has 2 heterocycles.